The number of aromatic nitrogens is 12. The van der Waals surface area contributed by atoms with Gasteiger partial charge in [-0.15, -0.1) is 0 Å². The molecule has 0 aliphatic heterocycles. The van der Waals surface area contributed by atoms with Crippen molar-refractivity contribution in [3.63, 3.8) is 0 Å². The van der Waals surface area contributed by atoms with E-state index >= 15 is 9.13 Å². The predicted molar refractivity (Wildman–Crippen MR) is 527 cm³/mol. The Labute approximate surface area is 734 Å². The second-order valence-electron chi connectivity index (χ2n) is 31.5. The fraction of sp³-hybridized carbons (Fsp3) is 0. The van der Waals surface area contributed by atoms with Crippen molar-refractivity contribution in [2.75, 3.05) is 0 Å². The molecule has 25 aromatic rings. The van der Waals surface area contributed by atoms with Crippen LogP contribution < -0.4 is 47.7 Å². The van der Waals surface area contributed by atoms with Gasteiger partial charge in [-0.2, -0.15) is 0 Å². The fourth-order valence-corrected chi connectivity index (χ4v) is 26.0. The highest BCUT2D eigenvalue weighted by atomic mass is 31.2. The lowest BCUT2D eigenvalue weighted by Gasteiger charge is -2.21. The molecule has 0 fully saturated rings. The molecule has 0 saturated carbocycles. The van der Waals surface area contributed by atoms with Crippen LogP contribution in [-0.4, -0.2) is 58.1 Å². The first-order chi connectivity index (χ1) is 63.1. The van der Waals surface area contributed by atoms with E-state index in [0.717, 1.165) is 203 Å². The van der Waals surface area contributed by atoms with Gasteiger partial charge in [0, 0.05) is 92.0 Å². The molecule has 0 unspecified atom stereocenters. The van der Waals surface area contributed by atoms with Crippen molar-refractivity contribution in [2.45, 2.75) is 0 Å². The molecule has 0 aliphatic rings. The molecular formula is C110H73N12O3P3. The Hall–Kier alpha value is -16.0. The maximum atomic E-state index is 15.7. The molecule has 0 atom stereocenters. The minimum Gasteiger partial charge on any atom is -0.309 e. The van der Waals surface area contributed by atoms with Crippen molar-refractivity contribution in [3.05, 3.63) is 443 Å². The van der Waals surface area contributed by atoms with E-state index in [1.807, 2.05) is 394 Å². The standard InChI is InChI=1S/C46H29N6OP.2C32H22N3OP/c53-54(32-12-2-1-3-13-32,33-26-22-30(23-27-33)51-41-20-10-4-14-35(41)43-45(51)49-39-18-8-6-16-37(39)47-43)34-28-24-31(25-29-34)52-42-21-11-5-15-36(42)44-46(52)50-40-19-9-7-17-38(40)48-44;36-37(24-13-3-1-4-14-24,25-15-5-2-6-16-25)26-17-11-12-23(22-26)35-30-21-10-7-18-27(30)31-32(35)34-29-20-9-8-19-28(29)33-31;36-37(24-11-3-1-4-12-24,25-13-5-2-6-14-25)26-21-19-23(20-22-26)35-30-18-10-7-15-27(30)31-32(35)34-29-17-9-8-16-28(29)33-31/h1-29H;2*1-22H. The third-order valence-electron chi connectivity index (χ3n) is 24.1. The smallest absolute Gasteiger partial charge is 0.171 e. The van der Waals surface area contributed by atoms with Crippen LogP contribution in [0.1, 0.15) is 0 Å². The van der Waals surface area contributed by atoms with Gasteiger partial charge in [0.1, 0.15) is 22.1 Å². The van der Waals surface area contributed by atoms with Crippen LogP contribution >= 0.6 is 21.4 Å². The average Bonchev–Trinajstić information content (AvgIpc) is 1.46. The second kappa shape index (κ2) is 31.6. The van der Waals surface area contributed by atoms with Gasteiger partial charge in [0.15, 0.2) is 44.0 Å². The van der Waals surface area contributed by atoms with Crippen LogP contribution in [0.25, 0.3) is 155 Å². The number of rotatable bonds is 13. The van der Waals surface area contributed by atoms with E-state index in [1.54, 1.807) is 0 Å². The highest BCUT2D eigenvalue weighted by molar-refractivity contribution is 7.86. The molecule has 0 bridgehead atoms. The first-order valence-electron chi connectivity index (χ1n) is 42.3. The lowest BCUT2D eigenvalue weighted by molar-refractivity contribution is 0.591. The van der Waals surface area contributed by atoms with E-state index in [4.69, 9.17) is 39.9 Å². The van der Waals surface area contributed by atoms with Crippen molar-refractivity contribution in [1.82, 2.24) is 58.1 Å². The van der Waals surface area contributed by atoms with Gasteiger partial charge in [-0.1, -0.05) is 285 Å². The van der Waals surface area contributed by atoms with E-state index in [9.17, 15) is 4.57 Å². The molecule has 0 saturated heterocycles. The summed E-state index contributed by atoms with van der Waals surface area (Å²) in [5, 5.41) is 11.3. The van der Waals surface area contributed by atoms with E-state index in [1.165, 1.54) is 0 Å². The molecule has 0 amide bonds. The molecule has 0 aliphatic carbocycles. The van der Waals surface area contributed by atoms with Gasteiger partial charge in [-0.25, -0.2) is 39.9 Å². The maximum absolute atomic E-state index is 15.7. The molecule has 128 heavy (non-hydrogen) atoms. The number of hydrogen-bond acceptors (Lipinski definition) is 11. The van der Waals surface area contributed by atoms with Crippen LogP contribution in [0, 0.1) is 0 Å². The monoisotopic (exact) mass is 1700 g/mol. The van der Waals surface area contributed by atoms with Gasteiger partial charge < -0.3 is 13.7 Å². The molecule has 25 rings (SSSR count). The van der Waals surface area contributed by atoms with Crippen LogP contribution in [0.15, 0.2) is 443 Å². The number of benzene rings is 17. The zero-order chi connectivity index (χ0) is 85.4. The van der Waals surface area contributed by atoms with E-state index in [0.29, 0.717) is 0 Å². The van der Waals surface area contributed by atoms with Crippen molar-refractivity contribution < 1.29 is 13.7 Å². The summed E-state index contributed by atoms with van der Waals surface area (Å²) in [6, 6.07) is 146. The Morgan fingerprint density at radius 1 is 0.156 bits per heavy atom. The number of para-hydroxylation sites is 12. The van der Waals surface area contributed by atoms with Crippen molar-refractivity contribution in [3.8, 4) is 22.7 Å². The van der Waals surface area contributed by atoms with Gasteiger partial charge in [-0.05, 0) is 158 Å². The third-order valence-corrected chi connectivity index (χ3v) is 33.3. The molecule has 0 N–H and O–H groups in total. The largest absolute Gasteiger partial charge is 0.309 e. The lowest BCUT2D eigenvalue weighted by Crippen LogP contribution is -2.25. The topological polar surface area (TPSA) is 174 Å². The molecular weight excluding hydrogens is 1630 g/mol. The SMILES string of the molecule is O=P(c1ccccc1)(c1ccc(-n2c3ccccc3c3nc4ccccc4nc32)cc1)c1ccc(-n2c3ccccc3c3nc4ccccc4nc32)cc1.O=P(c1ccccc1)(c1ccccc1)c1ccc(-n2c3ccccc3c3nc4ccccc4nc32)cc1.O=P(c1ccccc1)(c1ccccc1)c1cccc(-n2c3ccccc3c3nc4ccccc4nc32)c1. The van der Waals surface area contributed by atoms with Crippen LogP contribution in [0.5, 0.6) is 0 Å². The highest BCUT2D eigenvalue weighted by Gasteiger charge is 2.34. The van der Waals surface area contributed by atoms with E-state index in [2.05, 4.69) is 66.8 Å². The van der Waals surface area contributed by atoms with E-state index < -0.39 is 21.4 Å². The Morgan fingerprint density at radius 2 is 0.344 bits per heavy atom. The molecule has 17 aromatic carbocycles. The van der Waals surface area contributed by atoms with Crippen LogP contribution in [0.3, 0.4) is 0 Å². The summed E-state index contributed by atoms with van der Waals surface area (Å²) in [5.41, 5.74) is 21.2. The number of hydrogen-bond donors (Lipinski definition) is 0. The van der Waals surface area contributed by atoms with Crippen LogP contribution in [0.4, 0.5) is 0 Å². The first-order valence-corrected chi connectivity index (χ1v) is 47.4. The van der Waals surface area contributed by atoms with Crippen LogP contribution in [-0.2, 0) is 13.7 Å². The van der Waals surface area contributed by atoms with Crippen molar-refractivity contribution in [2.24, 2.45) is 0 Å². The molecule has 15 nitrogen and oxygen atoms in total. The maximum Gasteiger partial charge on any atom is 0.171 e. The molecule has 8 heterocycles. The third kappa shape index (κ3) is 12.9. The summed E-state index contributed by atoms with van der Waals surface area (Å²) in [4.78, 5) is 40.2. The molecule has 18 heteroatoms. The molecule has 0 radical (unpaired) electrons. The number of nitrogens with zero attached hydrogens (tertiary/aromatic N) is 12. The highest BCUT2D eigenvalue weighted by Crippen LogP contribution is 2.47. The summed E-state index contributed by atoms with van der Waals surface area (Å²) in [6.45, 7) is 0. The Kier molecular flexibility index (Phi) is 19.0. The van der Waals surface area contributed by atoms with Crippen molar-refractivity contribution in [1.29, 1.82) is 0 Å². The van der Waals surface area contributed by atoms with Gasteiger partial charge in [0.25, 0.3) is 0 Å². The predicted octanol–water partition coefficient (Wildman–Crippen LogP) is 22.1. The summed E-state index contributed by atoms with van der Waals surface area (Å²) in [5.74, 6) is 0. The van der Waals surface area contributed by atoms with Gasteiger partial charge in [-0.3, -0.25) is 18.3 Å². The summed E-state index contributed by atoms with van der Waals surface area (Å²) in [7, 11) is -9.46. The summed E-state index contributed by atoms with van der Waals surface area (Å²) < 4.78 is 54.0. The minimum atomic E-state index is -3.30. The van der Waals surface area contributed by atoms with E-state index in [-0.39, 0.29) is 0 Å². The normalized spacial score (nSPS) is 12.0. The molecule has 0 spiro atoms. The lowest BCUT2D eigenvalue weighted by atomic mass is 10.2. The number of fused-ring (bicyclic) bond motifs is 16. The zero-order valence-corrected chi connectivity index (χ0v) is 71.3. The van der Waals surface area contributed by atoms with Gasteiger partial charge in [0.05, 0.1) is 66.2 Å². The Morgan fingerprint density at radius 3 is 0.594 bits per heavy atom. The second-order valence-corrected chi connectivity index (χ2v) is 39.8. The van der Waals surface area contributed by atoms with Gasteiger partial charge in [0.2, 0.25) is 0 Å². The first kappa shape index (κ1) is 76.8. The minimum absolute atomic E-state index is 0.747. The summed E-state index contributed by atoms with van der Waals surface area (Å²) in [6.07, 6.45) is 0. The van der Waals surface area contributed by atoms with Crippen LogP contribution in [0.2, 0.25) is 0 Å². The van der Waals surface area contributed by atoms with Crippen molar-refractivity contribution >= 4 is 202 Å². The zero-order valence-electron chi connectivity index (χ0n) is 68.6. The summed E-state index contributed by atoms with van der Waals surface area (Å²) >= 11 is 0. The molecule has 606 valence electrons. The molecule has 8 aromatic heterocycles. The Bertz CT molecular complexity index is 8510. The Balaban J connectivity index is 0.000000113. The quantitative estimate of drug-likeness (QED) is 0.100. The van der Waals surface area contributed by atoms with Gasteiger partial charge >= 0.3 is 0 Å². The fourth-order valence-electron chi connectivity index (χ4n) is 18.1. The average molecular weight is 1700 g/mol.